The molecule has 1 atom stereocenters. The van der Waals surface area contributed by atoms with Crippen LogP contribution in [0.25, 0.3) is 0 Å². The van der Waals surface area contributed by atoms with Crippen molar-refractivity contribution in [3.05, 3.63) is 130 Å². The molecule has 0 aliphatic rings. The van der Waals surface area contributed by atoms with Crippen LogP contribution in [0.3, 0.4) is 0 Å². The molecule has 2 amide bonds. The summed E-state index contributed by atoms with van der Waals surface area (Å²) in [7, 11) is 3.19. The Bertz CT molecular complexity index is 1400. The first-order valence-electron chi connectivity index (χ1n) is 13.1. The summed E-state index contributed by atoms with van der Waals surface area (Å²) in [5, 5.41) is 3.67. The summed E-state index contributed by atoms with van der Waals surface area (Å²) in [5.74, 6) is 0.882. The first-order valence-corrected chi connectivity index (χ1v) is 13.5. The molecule has 0 fully saturated rings. The van der Waals surface area contributed by atoms with Crippen molar-refractivity contribution < 1.29 is 19.1 Å². The first kappa shape index (κ1) is 28.7. The molecule has 6 nitrogen and oxygen atoms in total. The molecule has 206 valence electrons. The number of hydrogen-bond acceptors (Lipinski definition) is 4. The Kier molecular flexibility index (Phi) is 10.2. The summed E-state index contributed by atoms with van der Waals surface area (Å²) < 4.78 is 10.7. The summed E-state index contributed by atoms with van der Waals surface area (Å²) in [6, 6.07) is 31.2. The number of rotatable bonds is 12. The fraction of sp³-hybridized carbons (Fsp3) is 0.212. The Morgan fingerprint density at radius 1 is 0.775 bits per heavy atom. The van der Waals surface area contributed by atoms with Crippen LogP contribution in [0.5, 0.6) is 11.5 Å². The van der Waals surface area contributed by atoms with Crippen LogP contribution in [-0.2, 0) is 29.0 Å². The van der Waals surface area contributed by atoms with E-state index in [-0.39, 0.29) is 24.8 Å². The van der Waals surface area contributed by atoms with Gasteiger partial charge in [-0.2, -0.15) is 0 Å². The average molecular weight is 557 g/mol. The molecule has 0 aliphatic heterocycles. The van der Waals surface area contributed by atoms with Crippen molar-refractivity contribution in [3.63, 3.8) is 0 Å². The van der Waals surface area contributed by atoms with E-state index in [1.54, 1.807) is 31.3 Å². The maximum absolute atomic E-state index is 13.8. The summed E-state index contributed by atoms with van der Waals surface area (Å²) in [6.45, 7) is 0.679. The van der Waals surface area contributed by atoms with E-state index in [1.165, 1.54) is 0 Å². The summed E-state index contributed by atoms with van der Waals surface area (Å²) >= 11 is 6.05. The van der Waals surface area contributed by atoms with Gasteiger partial charge < -0.3 is 19.7 Å². The zero-order chi connectivity index (χ0) is 28.3. The standard InChI is InChI=1S/C33H33ClN2O4/c1-39-29-18-15-25(21-30(29)40-2)19-20-35-33(38)32(27-11-7-4-8-12-27)36(23-26-9-5-3-6-10-26)31(37)22-24-13-16-28(34)17-14-24/h3-18,21,32H,19-20,22-23H2,1-2H3,(H,35,38)/t32-/m1/s1. The minimum absolute atomic E-state index is 0.145. The van der Waals surface area contributed by atoms with E-state index in [0.717, 1.165) is 22.3 Å². The third-order valence-corrected chi connectivity index (χ3v) is 6.87. The maximum Gasteiger partial charge on any atom is 0.247 e. The molecule has 0 bridgehead atoms. The van der Waals surface area contributed by atoms with Gasteiger partial charge in [0.05, 0.1) is 20.6 Å². The van der Waals surface area contributed by atoms with Crippen molar-refractivity contribution in [2.45, 2.75) is 25.4 Å². The highest BCUT2D eigenvalue weighted by atomic mass is 35.5. The van der Waals surface area contributed by atoms with Gasteiger partial charge in [0.2, 0.25) is 11.8 Å². The molecule has 0 saturated carbocycles. The topological polar surface area (TPSA) is 67.9 Å². The summed E-state index contributed by atoms with van der Waals surface area (Å²) in [5.41, 5.74) is 3.50. The van der Waals surface area contributed by atoms with Crippen molar-refractivity contribution in [2.24, 2.45) is 0 Å². The molecule has 0 saturated heterocycles. The molecule has 1 N–H and O–H groups in total. The third kappa shape index (κ3) is 7.64. The summed E-state index contributed by atoms with van der Waals surface area (Å²) in [4.78, 5) is 29.3. The smallest absolute Gasteiger partial charge is 0.247 e. The zero-order valence-electron chi connectivity index (χ0n) is 22.7. The fourth-order valence-electron chi connectivity index (χ4n) is 4.55. The molecular formula is C33H33ClN2O4. The van der Waals surface area contributed by atoms with Gasteiger partial charge in [-0.1, -0.05) is 90.5 Å². The molecule has 4 aromatic carbocycles. The van der Waals surface area contributed by atoms with Gasteiger partial charge in [-0.15, -0.1) is 0 Å². The van der Waals surface area contributed by atoms with Crippen LogP contribution >= 0.6 is 11.6 Å². The van der Waals surface area contributed by atoms with Crippen molar-refractivity contribution >= 4 is 23.4 Å². The molecule has 0 aliphatic carbocycles. The van der Waals surface area contributed by atoms with Gasteiger partial charge in [-0.25, -0.2) is 0 Å². The lowest BCUT2D eigenvalue weighted by atomic mass is 10.0. The van der Waals surface area contributed by atoms with Crippen LogP contribution in [0, 0.1) is 0 Å². The highest BCUT2D eigenvalue weighted by molar-refractivity contribution is 6.30. The molecule has 7 heteroatoms. The number of benzene rings is 4. The Labute approximate surface area is 240 Å². The number of carbonyl (C=O) groups is 2. The van der Waals surface area contributed by atoms with Gasteiger partial charge in [0.25, 0.3) is 0 Å². The Morgan fingerprint density at radius 2 is 1.40 bits per heavy atom. The van der Waals surface area contributed by atoms with E-state index in [1.807, 2.05) is 91.0 Å². The van der Waals surface area contributed by atoms with Gasteiger partial charge >= 0.3 is 0 Å². The lowest BCUT2D eigenvalue weighted by Gasteiger charge is -2.32. The molecule has 4 rings (SSSR count). The Morgan fingerprint density at radius 3 is 2.05 bits per heavy atom. The van der Waals surface area contributed by atoms with Gasteiger partial charge in [0.15, 0.2) is 11.5 Å². The number of nitrogens with zero attached hydrogens (tertiary/aromatic N) is 1. The number of ether oxygens (including phenoxy) is 2. The number of carbonyl (C=O) groups excluding carboxylic acids is 2. The second-order valence-electron chi connectivity index (χ2n) is 9.35. The van der Waals surface area contributed by atoms with Crippen LogP contribution in [0.15, 0.2) is 103 Å². The molecule has 0 spiro atoms. The van der Waals surface area contributed by atoms with Crippen molar-refractivity contribution in [1.29, 1.82) is 0 Å². The van der Waals surface area contributed by atoms with Crippen LogP contribution < -0.4 is 14.8 Å². The monoisotopic (exact) mass is 556 g/mol. The fourth-order valence-corrected chi connectivity index (χ4v) is 4.68. The first-order chi connectivity index (χ1) is 19.5. The minimum atomic E-state index is -0.813. The maximum atomic E-state index is 13.8. The minimum Gasteiger partial charge on any atom is -0.493 e. The zero-order valence-corrected chi connectivity index (χ0v) is 23.4. The lowest BCUT2D eigenvalue weighted by Crippen LogP contribution is -2.44. The Balaban J connectivity index is 1.58. The van der Waals surface area contributed by atoms with Crippen LogP contribution in [-0.4, -0.2) is 37.5 Å². The highest BCUT2D eigenvalue weighted by Gasteiger charge is 2.31. The second-order valence-corrected chi connectivity index (χ2v) is 9.79. The number of hydrogen-bond donors (Lipinski definition) is 1. The van der Waals surface area contributed by atoms with E-state index in [2.05, 4.69) is 5.32 Å². The van der Waals surface area contributed by atoms with Gasteiger partial charge in [-0.3, -0.25) is 9.59 Å². The van der Waals surface area contributed by atoms with Crippen LogP contribution in [0.1, 0.15) is 28.3 Å². The van der Waals surface area contributed by atoms with Crippen LogP contribution in [0.4, 0.5) is 0 Å². The molecule has 40 heavy (non-hydrogen) atoms. The highest BCUT2D eigenvalue weighted by Crippen LogP contribution is 2.28. The Hall–Kier alpha value is -4.29. The predicted molar refractivity (Wildman–Crippen MR) is 158 cm³/mol. The van der Waals surface area contributed by atoms with E-state index >= 15 is 0 Å². The number of methoxy groups -OCH3 is 2. The second kappa shape index (κ2) is 14.2. The average Bonchev–Trinajstić information content (AvgIpc) is 2.99. The van der Waals surface area contributed by atoms with E-state index in [0.29, 0.717) is 29.5 Å². The largest absolute Gasteiger partial charge is 0.493 e. The molecule has 0 aromatic heterocycles. The quantitative estimate of drug-likeness (QED) is 0.231. The van der Waals surface area contributed by atoms with E-state index < -0.39 is 6.04 Å². The number of amides is 2. The predicted octanol–water partition coefficient (Wildman–Crippen LogP) is 6.03. The molecule has 4 aromatic rings. The van der Waals surface area contributed by atoms with E-state index in [9.17, 15) is 9.59 Å². The summed E-state index contributed by atoms with van der Waals surface area (Å²) in [6.07, 6.45) is 0.733. The van der Waals surface area contributed by atoms with Gasteiger partial charge in [-0.05, 0) is 52.9 Å². The molecular weight excluding hydrogens is 524 g/mol. The van der Waals surface area contributed by atoms with Crippen LogP contribution in [0.2, 0.25) is 5.02 Å². The van der Waals surface area contributed by atoms with Crippen molar-refractivity contribution in [3.8, 4) is 11.5 Å². The van der Waals surface area contributed by atoms with E-state index in [4.69, 9.17) is 21.1 Å². The molecule has 0 radical (unpaired) electrons. The van der Waals surface area contributed by atoms with Gasteiger partial charge in [0, 0.05) is 18.1 Å². The van der Waals surface area contributed by atoms with Crippen molar-refractivity contribution in [1.82, 2.24) is 10.2 Å². The number of halogens is 1. The molecule has 0 unspecified atom stereocenters. The normalized spacial score (nSPS) is 11.4. The van der Waals surface area contributed by atoms with Crippen molar-refractivity contribution in [2.75, 3.05) is 20.8 Å². The SMILES string of the molecule is COc1ccc(CCNC(=O)[C@@H](c2ccccc2)N(Cc2ccccc2)C(=O)Cc2ccc(Cl)cc2)cc1OC. The van der Waals surface area contributed by atoms with Gasteiger partial charge in [0.1, 0.15) is 6.04 Å². The third-order valence-electron chi connectivity index (χ3n) is 6.62. The lowest BCUT2D eigenvalue weighted by molar-refractivity contribution is -0.141. The molecule has 0 heterocycles. The number of nitrogens with one attached hydrogen (secondary N) is 1.